The van der Waals surface area contributed by atoms with E-state index in [0.29, 0.717) is 16.7 Å². The van der Waals surface area contributed by atoms with Gasteiger partial charge in [0.15, 0.2) is 0 Å². The number of thiazole rings is 1. The van der Waals surface area contributed by atoms with E-state index in [2.05, 4.69) is 15.4 Å². The highest BCUT2D eigenvalue weighted by Crippen LogP contribution is 2.32. The topological polar surface area (TPSA) is 95.1 Å². The van der Waals surface area contributed by atoms with Crippen LogP contribution >= 0.6 is 22.9 Å². The minimum Gasteiger partial charge on any atom is -0.381 e. The van der Waals surface area contributed by atoms with E-state index in [1.54, 1.807) is 29.4 Å². The van der Waals surface area contributed by atoms with Crippen molar-refractivity contribution >= 4 is 34.5 Å². The first-order valence-electron chi connectivity index (χ1n) is 9.47. The fourth-order valence-corrected chi connectivity index (χ4v) is 3.97. The molecule has 3 aromatic rings. The summed E-state index contributed by atoms with van der Waals surface area (Å²) >= 11 is 7.16. The van der Waals surface area contributed by atoms with Crippen molar-refractivity contribution in [3.05, 3.63) is 52.5 Å². The molecule has 2 aromatic heterocycles. The Bertz CT molecular complexity index is 965. The summed E-state index contributed by atoms with van der Waals surface area (Å²) < 4.78 is 20.6. The fraction of sp³-hybridized carbons (Fsp3) is 0.350. The molecule has 3 heterocycles. The van der Waals surface area contributed by atoms with Gasteiger partial charge in [-0.25, -0.2) is 9.37 Å². The van der Waals surface area contributed by atoms with Gasteiger partial charge in [0.1, 0.15) is 16.5 Å². The summed E-state index contributed by atoms with van der Waals surface area (Å²) in [5, 5.41) is 8.80. The normalized spacial score (nSPS) is 16.3. The third-order valence-electron chi connectivity index (χ3n) is 4.37. The Labute approximate surface area is 183 Å². The van der Waals surface area contributed by atoms with Gasteiger partial charge in [-0.3, -0.25) is 9.48 Å². The number of nitrogens with one attached hydrogen (secondary N) is 1. The molecule has 0 saturated carbocycles. The van der Waals surface area contributed by atoms with Crippen molar-refractivity contribution in [1.82, 2.24) is 14.8 Å². The monoisotopic (exact) mass is 451 g/mol. The summed E-state index contributed by atoms with van der Waals surface area (Å²) in [5.74, 6) is -0.857. The van der Waals surface area contributed by atoms with Crippen LogP contribution < -0.4 is 11.1 Å². The molecule has 160 valence electrons. The number of carbonyl (C=O) groups is 1. The van der Waals surface area contributed by atoms with Crippen molar-refractivity contribution < 1.29 is 13.9 Å². The zero-order valence-corrected chi connectivity index (χ0v) is 18.0. The van der Waals surface area contributed by atoms with E-state index in [9.17, 15) is 9.18 Å². The number of rotatable bonds is 3. The van der Waals surface area contributed by atoms with Crippen LogP contribution in [0.15, 0.2) is 36.0 Å². The van der Waals surface area contributed by atoms with Gasteiger partial charge in [-0.2, -0.15) is 5.10 Å². The summed E-state index contributed by atoms with van der Waals surface area (Å²) in [6, 6.07) is 4.80. The Morgan fingerprint density at radius 1 is 1.40 bits per heavy atom. The lowest BCUT2D eigenvalue weighted by Gasteiger charge is -2.02. The molecular formula is C20H23ClFN5O2S. The molecule has 1 saturated heterocycles. The van der Waals surface area contributed by atoms with Crippen LogP contribution in [-0.4, -0.2) is 39.9 Å². The van der Waals surface area contributed by atoms with Gasteiger partial charge < -0.3 is 15.8 Å². The fourth-order valence-electron chi connectivity index (χ4n) is 2.80. The zero-order chi connectivity index (χ0) is 21.5. The van der Waals surface area contributed by atoms with Crippen LogP contribution in [0.5, 0.6) is 0 Å². The first-order chi connectivity index (χ1) is 14.4. The lowest BCUT2D eigenvalue weighted by atomic mass is 10.1. The van der Waals surface area contributed by atoms with Gasteiger partial charge in [0, 0.05) is 37.9 Å². The van der Waals surface area contributed by atoms with Gasteiger partial charge in [0.05, 0.1) is 22.5 Å². The van der Waals surface area contributed by atoms with Gasteiger partial charge in [-0.05, 0) is 31.4 Å². The number of ether oxygens (including phenoxy) is 1. The molecule has 0 radical (unpaired) electrons. The smallest absolute Gasteiger partial charge is 0.275 e. The first kappa shape index (κ1) is 22.4. The highest BCUT2D eigenvalue weighted by molar-refractivity contribution is 7.13. The van der Waals surface area contributed by atoms with Gasteiger partial charge in [-0.15, -0.1) is 11.3 Å². The van der Waals surface area contributed by atoms with E-state index >= 15 is 0 Å². The predicted octanol–water partition coefficient (Wildman–Crippen LogP) is 4.10. The first-order valence-corrected chi connectivity index (χ1v) is 10.7. The third-order valence-corrected chi connectivity index (χ3v) is 5.55. The van der Waals surface area contributed by atoms with Crippen molar-refractivity contribution in [2.45, 2.75) is 25.3 Å². The van der Waals surface area contributed by atoms with E-state index in [-0.39, 0.29) is 22.2 Å². The number of anilines is 1. The number of benzene rings is 1. The number of aromatic nitrogens is 3. The molecule has 0 bridgehead atoms. The molecule has 30 heavy (non-hydrogen) atoms. The number of carbonyl (C=O) groups excluding carboxylic acids is 1. The number of halogens is 2. The Morgan fingerprint density at radius 2 is 2.23 bits per heavy atom. The highest BCUT2D eigenvalue weighted by atomic mass is 35.5. The Balaban J connectivity index is 0.000000269. The van der Waals surface area contributed by atoms with Crippen molar-refractivity contribution in [3.63, 3.8) is 0 Å². The number of nitrogens with two attached hydrogens (primary N) is 1. The van der Waals surface area contributed by atoms with Crippen LogP contribution in [0.4, 0.5) is 10.1 Å². The Morgan fingerprint density at radius 3 is 2.97 bits per heavy atom. The summed E-state index contributed by atoms with van der Waals surface area (Å²) in [5.41, 5.74) is 6.62. The molecule has 0 spiro atoms. The summed E-state index contributed by atoms with van der Waals surface area (Å²) in [4.78, 5) is 16.3. The average Bonchev–Trinajstić information content (AvgIpc) is 3.27. The summed E-state index contributed by atoms with van der Waals surface area (Å²) in [7, 11) is 1.75. The molecule has 1 aliphatic rings. The van der Waals surface area contributed by atoms with Crippen LogP contribution in [0.25, 0.3) is 10.6 Å². The maximum absolute atomic E-state index is 13.9. The molecule has 4 rings (SSSR count). The van der Waals surface area contributed by atoms with Crippen LogP contribution in [0.2, 0.25) is 5.02 Å². The largest absolute Gasteiger partial charge is 0.381 e. The molecule has 7 nitrogen and oxygen atoms in total. The molecule has 0 aliphatic carbocycles. The number of amides is 1. The molecule has 1 unspecified atom stereocenters. The minimum absolute atomic E-state index is 0.197. The van der Waals surface area contributed by atoms with E-state index in [1.165, 1.54) is 18.3 Å². The maximum atomic E-state index is 13.9. The summed E-state index contributed by atoms with van der Waals surface area (Å²) in [6.45, 7) is 1.77. The van der Waals surface area contributed by atoms with Crippen LogP contribution in [0, 0.1) is 5.82 Å². The molecule has 1 aliphatic heterocycles. The Hall–Kier alpha value is -2.33. The second-order valence-electron chi connectivity index (χ2n) is 6.79. The third kappa shape index (κ3) is 6.09. The van der Waals surface area contributed by atoms with E-state index in [1.807, 2.05) is 0 Å². The Kier molecular flexibility index (Phi) is 7.92. The predicted molar refractivity (Wildman–Crippen MR) is 116 cm³/mol. The van der Waals surface area contributed by atoms with Gasteiger partial charge in [0.25, 0.3) is 5.91 Å². The second kappa shape index (κ2) is 10.6. The number of aryl methyl sites for hydroxylation is 1. The highest BCUT2D eigenvalue weighted by Gasteiger charge is 2.17. The molecule has 10 heteroatoms. The molecule has 1 amide bonds. The van der Waals surface area contributed by atoms with E-state index in [4.69, 9.17) is 22.1 Å². The van der Waals surface area contributed by atoms with Gasteiger partial charge in [0.2, 0.25) is 0 Å². The quantitative estimate of drug-likeness (QED) is 0.625. The second-order valence-corrected chi connectivity index (χ2v) is 8.06. The van der Waals surface area contributed by atoms with Crippen molar-refractivity contribution in [1.29, 1.82) is 0 Å². The van der Waals surface area contributed by atoms with Gasteiger partial charge in [-0.1, -0.05) is 17.7 Å². The number of hydrogen-bond acceptors (Lipinski definition) is 6. The molecular weight excluding hydrogens is 429 g/mol. The standard InChI is InChI=1S/C14H10ClFN4OS.C6H13NO/c1-20-6-8(5-17-20)18-13(21)11-7-22-14(19-11)12-9(15)3-2-4-10(12)16;7-6-2-1-4-8-5-3-6/h2-7H,1H3,(H,18,21);6H,1-5,7H2. The van der Waals surface area contributed by atoms with Crippen LogP contribution in [-0.2, 0) is 11.8 Å². The molecule has 1 aromatic carbocycles. The van der Waals surface area contributed by atoms with Crippen LogP contribution in [0.1, 0.15) is 29.8 Å². The van der Waals surface area contributed by atoms with E-state index in [0.717, 1.165) is 43.8 Å². The lowest BCUT2D eigenvalue weighted by Crippen LogP contribution is -2.19. The molecule has 1 atom stereocenters. The van der Waals surface area contributed by atoms with Crippen LogP contribution in [0.3, 0.4) is 0 Å². The van der Waals surface area contributed by atoms with Crippen molar-refractivity contribution in [2.24, 2.45) is 12.8 Å². The van der Waals surface area contributed by atoms with Crippen molar-refractivity contribution in [2.75, 3.05) is 18.5 Å². The average molecular weight is 452 g/mol. The minimum atomic E-state index is -0.471. The molecule has 1 fully saturated rings. The van der Waals surface area contributed by atoms with Gasteiger partial charge >= 0.3 is 0 Å². The number of hydrogen-bond donors (Lipinski definition) is 2. The number of nitrogens with zero attached hydrogens (tertiary/aromatic N) is 3. The van der Waals surface area contributed by atoms with E-state index < -0.39 is 5.82 Å². The maximum Gasteiger partial charge on any atom is 0.275 e. The summed E-state index contributed by atoms with van der Waals surface area (Å²) in [6.07, 6.45) is 6.51. The lowest BCUT2D eigenvalue weighted by molar-refractivity contribution is 0.102. The zero-order valence-electron chi connectivity index (χ0n) is 16.5. The van der Waals surface area contributed by atoms with Crippen molar-refractivity contribution in [3.8, 4) is 10.6 Å². The molecule has 3 N–H and O–H groups in total. The SMILES string of the molecule is Cn1cc(NC(=O)c2csc(-c3c(F)cccc3Cl)n2)cn1.NC1CCCOCC1.